The molecule has 0 unspecified atom stereocenters. The molecular weight excluding hydrogens is 316 g/mol. The fraction of sp³-hybridized carbons (Fsp3) is 0.333. The van der Waals surface area contributed by atoms with Crippen LogP contribution in [0, 0.1) is 11.3 Å². The standard InChI is InChI=1S/C15H17BrN4/c16-13-6-4-12(5-7-13)14-10-19-15(20-14)11-18-9-3-1-2-8-17/h4-7,10,18H,1-3,9,11H2,(H,19,20). The van der Waals surface area contributed by atoms with Crippen LogP contribution in [0.2, 0.25) is 0 Å². The van der Waals surface area contributed by atoms with Crippen LogP contribution in [0.1, 0.15) is 25.1 Å². The van der Waals surface area contributed by atoms with E-state index in [1.165, 1.54) is 0 Å². The molecule has 5 heteroatoms. The molecule has 0 amide bonds. The van der Waals surface area contributed by atoms with Gasteiger partial charge >= 0.3 is 0 Å². The molecule has 4 nitrogen and oxygen atoms in total. The van der Waals surface area contributed by atoms with E-state index in [9.17, 15) is 0 Å². The quantitative estimate of drug-likeness (QED) is 0.761. The average Bonchev–Trinajstić information content (AvgIpc) is 2.92. The van der Waals surface area contributed by atoms with E-state index in [0.717, 1.165) is 47.5 Å². The first-order valence-corrected chi connectivity index (χ1v) is 7.46. The highest BCUT2D eigenvalue weighted by molar-refractivity contribution is 9.10. The minimum atomic E-state index is 0.635. The minimum Gasteiger partial charge on any atom is -0.341 e. The summed E-state index contributed by atoms with van der Waals surface area (Å²) in [7, 11) is 0. The van der Waals surface area contributed by atoms with E-state index in [1.807, 2.05) is 18.3 Å². The number of aromatic amines is 1. The predicted octanol–water partition coefficient (Wildman–Crippen LogP) is 3.62. The molecule has 0 bridgehead atoms. The fourth-order valence-corrected chi connectivity index (χ4v) is 2.15. The number of benzene rings is 1. The summed E-state index contributed by atoms with van der Waals surface area (Å²) < 4.78 is 1.07. The van der Waals surface area contributed by atoms with Crippen molar-refractivity contribution < 1.29 is 0 Å². The smallest absolute Gasteiger partial charge is 0.120 e. The Labute approximate surface area is 127 Å². The van der Waals surface area contributed by atoms with Crippen LogP contribution in [0.4, 0.5) is 0 Å². The van der Waals surface area contributed by atoms with Crippen LogP contribution in [0.3, 0.4) is 0 Å². The van der Waals surface area contributed by atoms with Gasteiger partial charge in [-0.15, -0.1) is 0 Å². The second-order valence-electron chi connectivity index (χ2n) is 4.54. The van der Waals surface area contributed by atoms with E-state index >= 15 is 0 Å². The van der Waals surface area contributed by atoms with Crippen LogP contribution in [0.5, 0.6) is 0 Å². The molecule has 0 aliphatic rings. The molecule has 0 spiro atoms. The van der Waals surface area contributed by atoms with E-state index < -0.39 is 0 Å². The van der Waals surface area contributed by atoms with Gasteiger partial charge in [0.1, 0.15) is 5.82 Å². The van der Waals surface area contributed by atoms with Crippen molar-refractivity contribution in [1.29, 1.82) is 5.26 Å². The maximum atomic E-state index is 8.44. The Bertz CT molecular complexity index is 568. The number of halogens is 1. The first-order chi connectivity index (χ1) is 9.79. The molecule has 1 heterocycles. The third-order valence-corrected chi connectivity index (χ3v) is 3.50. The number of nitriles is 1. The number of H-pyrrole nitrogens is 1. The van der Waals surface area contributed by atoms with Gasteiger partial charge in [-0.05, 0) is 37.1 Å². The number of imidazole rings is 1. The number of unbranched alkanes of at least 4 members (excludes halogenated alkanes) is 2. The summed E-state index contributed by atoms with van der Waals surface area (Å²) in [5, 5.41) is 11.8. The summed E-state index contributed by atoms with van der Waals surface area (Å²) in [6.45, 7) is 1.64. The van der Waals surface area contributed by atoms with Gasteiger partial charge in [-0.1, -0.05) is 28.1 Å². The van der Waals surface area contributed by atoms with E-state index in [0.29, 0.717) is 6.42 Å². The Balaban J connectivity index is 1.80. The van der Waals surface area contributed by atoms with Crippen LogP contribution in [-0.4, -0.2) is 16.5 Å². The molecular formula is C15H17BrN4. The number of hydrogen-bond acceptors (Lipinski definition) is 3. The monoisotopic (exact) mass is 332 g/mol. The molecule has 0 aliphatic carbocycles. The zero-order valence-electron chi connectivity index (χ0n) is 11.2. The molecule has 0 fully saturated rings. The molecule has 0 saturated carbocycles. The molecule has 0 radical (unpaired) electrons. The van der Waals surface area contributed by atoms with Gasteiger partial charge in [0.05, 0.1) is 24.5 Å². The lowest BCUT2D eigenvalue weighted by Crippen LogP contribution is -2.15. The van der Waals surface area contributed by atoms with Crippen molar-refractivity contribution in [3.05, 3.63) is 40.8 Å². The Kier molecular flexibility index (Phi) is 5.78. The topological polar surface area (TPSA) is 64.5 Å². The summed E-state index contributed by atoms with van der Waals surface area (Å²) >= 11 is 3.43. The number of rotatable bonds is 7. The van der Waals surface area contributed by atoms with Gasteiger partial charge in [-0.2, -0.15) is 5.26 Å². The van der Waals surface area contributed by atoms with Crippen molar-refractivity contribution >= 4 is 15.9 Å². The van der Waals surface area contributed by atoms with E-state index in [1.54, 1.807) is 0 Å². The number of nitrogens with zero attached hydrogens (tertiary/aromatic N) is 2. The van der Waals surface area contributed by atoms with Crippen LogP contribution >= 0.6 is 15.9 Å². The third kappa shape index (κ3) is 4.48. The van der Waals surface area contributed by atoms with Crippen molar-refractivity contribution in [2.75, 3.05) is 6.54 Å². The van der Waals surface area contributed by atoms with Crippen LogP contribution in [0.15, 0.2) is 34.9 Å². The zero-order valence-corrected chi connectivity index (χ0v) is 12.8. The molecule has 0 atom stereocenters. The number of hydrogen-bond donors (Lipinski definition) is 2. The highest BCUT2D eigenvalue weighted by atomic mass is 79.9. The first-order valence-electron chi connectivity index (χ1n) is 6.67. The Morgan fingerprint density at radius 3 is 2.80 bits per heavy atom. The SMILES string of the molecule is N#CCCCCNCc1ncc(-c2ccc(Br)cc2)[nH]1. The van der Waals surface area contributed by atoms with Gasteiger partial charge in [0.15, 0.2) is 0 Å². The number of aromatic nitrogens is 2. The lowest BCUT2D eigenvalue weighted by molar-refractivity contribution is 0.616. The van der Waals surface area contributed by atoms with E-state index in [2.05, 4.69) is 49.4 Å². The molecule has 20 heavy (non-hydrogen) atoms. The lowest BCUT2D eigenvalue weighted by Gasteiger charge is -2.01. The molecule has 2 aromatic rings. The highest BCUT2D eigenvalue weighted by Gasteiger charge is 2.02. The van der Waals surface area contributed by atoms with Crippen molar-refractivity contribution in [3.63, 3.8) is 0 Å². The van der Waals surface area contributed by atoms with Crippen LogP contribution < -0.4 is 5.32 Å². The van der Waals surface area contributed by atoms with Gasteiger partial charge in [0.2, 0.25) is 0 Å². The van der Waals surface area contributed by atoms with E-state index in [-0.39, 0.29) is 0 Å². The number of nitrogens with one attached hydrogen (secondary N) is 2. The molecule has 0 saturated heterocycles. The van der Waals surface area contributed by atoms with Crippen LogP contribution in [0.25, 0.3) is 11.3 Å². The summed E-state index contributed by atoms with van der Waals surface area (Å²) in [4.78, 5) is 7.68. The Hall–Kier alpha value is -1.64. The van der Waals surface area contributed by atoms with Crippen LogP contribution in [-0.2, 0) is 6.54 Å². The van der Waals surface area contributed by atoms with Crippen molar-refractivity contribution in [1.82, 2.24) is 15.3 Å². The maximum Gasteiger partial charge on any atom is 0.120 e. The maximum absolute atomic E-state index is 8.44. The van der Waals surface area contributed by atoms with Crippen molar-refractivity contribution in [2.24, 2.45) is 0 Å². The van der Waals surface area contributed by atoms with Gasteiger partial charge < -0.3 is 10.3 Å². The minimum absolute atomic E-state index is 0.635. The zero-order chi connectivity index (χ0) is 14.2. The molecule has 2 N–H and O–H groups in total. The third-order valence-electron chi connectivity index (χ3n) is 2.97. The van der Waals surface area contributed by atoms with Gasteiger partial charge in [0.25, 0.3) is 0 Å². The Morgan fingerprint density at radius 2 is 2.05 bits per heavy atom. The van der Waals surface area contributed by atoms with Gasteiger partial charge in [0, 0.05) is 10.9 Å². The molecule has 1 aromatic carbocycles. The van der Waals surface area contributed by atoms with Gasteiger partial charge in [-0.3, -0.25) is 0 Å². The second-order valence-corrected chi connectivity index (χ2v) is 5.46. The second kappa shape index (κ2) is 7.83. The van der Waals surface area contributed by atoms with Gasteiger partial charge in [-0.25, -0.2) is 4.98 Å². The summed E-state index contributed by atoms with van der Waals surface area (Å²) in [6.07, 6.45) is 4.46. The van der Waals surface area contributed by atoms with Crippen molar-refractivity contribution in [2.45, 2.75) is 25.8 Å². The highest BCUT2D eigenvalue weighted by Crippen LogP contribution is 2.19. The summed E-state index contributed by atoms with van der Waals surface area (Å²) in [6, 6.07) is 10.3. The average molecular weight is 333 g/mol. The fourth-order valence-electron chi connectivity index (χ4n) is 1.89. The lowest BCUT2D eigenvalue weighted by atomic mass is 10.2. The molecule has 1 aromatic heterocycles. The largest absolute Gasteiger partial charge is 0.341 e. The molecule has 0 aliphatic heterocycles. The summed E-state index contributed by atoms with van der Waals surface area (Å²) in [5.41, 5.74) is 2.15. The van der Waals surface area contributed by atoms with Crippen molar-refractivity contribution in [3.8, 4) is 17.3 Å². The molecule has 2 rings (SSSR count). The first kappa shape index (κ1) is 14.8. The normalized spacial score (nSPS) is 10.4. The summed E-state index contributed by atoms with van der Waals surface area (Å²) in [5.74, 6) is 0.934. The molecule has 104 valence electrons. The predicted molar refractivity (Wildman–Crippen MR) is 82.9 cm³/mol. The Morgan fingerprint density at radius 1 is 1.25 bits per heavy atom. The van der Waals surface area contributed by atoms with E-state index in [4.69, 9.17) is 5.26 Å².